The molecular weight excluding hydrogens is 266 g/mol. The average molecular weight is 280 g/mol. The highest BCUT2D eigenvalue weighted by Crippen LogP contribution is 2.48. The van der Waals surface area contributed by atoms with Gasteiger partial charge in [0.2, 0.25) is 6.08 Å². The lowest BCUT2D eigenvalue weighted by Crippen LogP contribution is -2.33. The zero-order valence-corrected chi connectivity index (χ0v) is 11.1. The van der Waals surface area contributed by atoms with E-state index >= 15 is 0 Å². The molecular formula is C13H14BrNO. The molecule has 0 atom stereocenters. The largest absolute Gasteiger partial charge is 0.235 e. The minimum atomic E-state index is -0.292. The Hall–Kier alpha value is -0.920. The lowest BCUT2D eigenvalue weighted by Gasteiger charge is -2.39. The molecule has 1 saturated carbocycles. The summed E-state index contributed by atoms with van der Waals surface area (Å²) in [7, 11) is 0. The van der Waals surface area contributed by atoms with E-state index < -0.39 is 0 Å². The third-order valence-corrected chi connectivity index (χ3v) is 4.37. The first-order valence-corrected chi connectivity index (χ1v) is 6.25. The normalized spacial score (nSPS) is 17.4. The second kappa shape index (κ2) is 4.15. The maximum absolute atomic E-state index is 10.6. The maximum Gasteiger partial charge on any atom is 0.235 e. The Bertz CT molecular complexity index is 471. The summed E-state index contributed by atoms with van der Waals surface area (Å²) in [5.74, 6) is 0. The van der Waals surface area contributed by atoms with Crippen LogP contribution in [-0.2, 0) is 10.3 Å². The predicted octanol–water partition coefficient (Wildman–Crippen LogP) is 3.78. The van der Waals surface area contributed by atoms with E-state index in [0.717, 1.165) is 23.7 Å². The van der Waals surface area contributed by atoms with Crippen molar-refractivity contribution in [2.75, 3.05) is 0 Å². The molecule has 1 fully saturated rings. The number of hydrogen-bond acceptors (Lipinski definition) is 2. The molecule has 1 aromatic rings. The summed E-state index contributed by atoms with van der Waals surface area (Å²) in [6.07, 6.45) is 4.80. The van der Waals surface area contributed by atoms with Crippen LogP contribution in [0.25, 0.3) is 0 Å². The average Bonchev–Trinajstić information content (AvgIpc) is 2.20. The molecule has 0 unspecified atom stereocenters. The molecule has 0 bridgehead atoms. The van der Waals surface area contributed by atoms with Crippen LogP contribution in [0.5, 0.6) is 0 Å². The Labute approximate surface area is 104 Å². The van der Waals surface area contributed by atoms with E-state index in [-0.39, 0.29) is 5.54 Å². The Kier molecular flexibility index (Phi) is 3.00. The fourth-order valence-corrected chi connectivity index (χ4v) is 2.88. The minimum Gasteiger partial charge on any atom is -0.211 e. The van der Waals surface area contributed by atoms with Crippen molar-refractivity contribution in [1.29, 1.82) is 0 Å². The van der Waals surface area contributed by atoms with Crippen molar-refractivity contribution in [3.63, 3.8) is 0 Å². The van der Waals surface area contributed by atoms with Gasteiger partial charge in [0.15, 0.2) is 0 Å². The van der Waals surface area contributed by atoms with Gasteiger partial charge in [-0.2, -0.15) is 4.99 Å². The van der Waals surface area contributed by atoms with Gasteiger partial charge in [-0.3, -0.25) is 0 Å². The summed E-state index contributed by atoms with van der Waals surface area (Å²) in [5.41, 5.74) is 3.31. The molecule has 84 valence electrons. The van der Waals surface area contributed by atoms with Gasteiger partial charge in [-0.1, -0.05) is 22.0 Å². The van der Waals surface area contributed by atoms with E-state index in [1.54, 1.807) is 6.08 Å². The van der Waals surface area contributed by atoms with Crippen molar-refractivity contribution in [3.05, 3.63) is 33.3 Å². The fraction of sp³-hybridized carbons (Fsp3) is 0.462. The molecule has 16 heavy (non-hydrogen) atoms. The van der Waals surface area contributed by atoms with Crippen LogP contribution in [0, 0.1) is 13.8 Å². The molecule has 0 radical (unpaired) electrons. The summed E-state index contributed by atoms with van der Waals surface area (Å²) in [5, 5.41) is 0. The highest BCUT2D eigenvalue weighted by atomic mass is 79.9. The molecule has 0 aliphatic heterocycles. The zero-order valence-electron chi connectivity index (χ0n) is 9.51. The van der Waals surface area contributed by atoms with E-state index in [4.69, 9.17) is 0 Å². The summed E-state index contributed by atoms with van der Waals surface area (Å²) in [4.78, 5) is 14.7. The van der Waals surface area contributed by atoms with Crippen molar-refractivity contribution in [3.8, 4) is 0 Å². The van der Waals surface area contributed by atoms with Crippen LogP contribution in [0.3, 0.4) is 0 Å². The standard InChI is InChI=1S/C13H14BrNO/c1-9-4-5-11(14)10(2)12(9)13(15-8-16)6-3-7-13/h4-5H,3,6-7H2,1-2H3. The van der Waals surface area contributed by atoms with Gasteiger partial charge in [0.25, 0.3) is 0 Å². The molecule has 3 heteroatoms. The molecule has 1 aliphatic rings. The molecule has 1 aromatic carbocycles. The SMILES string of the molecule is Cc1ccc(Br)c(C)c1C1(N=C=O)CCC1. The number of carbonyl (C=O) groups excluding carboxylic acids is 1. The van der Waals surface area contributed by atoms with Crippen LogP contribution in [0.15, 0.2) is 21.6 Å². The van der Waals surface area contributed by atoms with Gasteiger partial charge in [-0.25, -0.2) is 4.79 Å². The Morgan fingerprint density at radius 1 is 1.38 bits per heavy atom. The summed E-state index contributed by atoms with van der Waals surface area (Å²) in [6, 6.07) is 4.12. The van der Waals surface area contributed by atoms with E-state index in [1.807, 2.05) is 6.07 Å². The first-order chi connectivity index (χ1) is 7.60. The van der Waals surface area contributed by atoms with Crippen molar-refractivity contribution < 1.29 is 4.79 Å². The van der Waals surface area contributed by atoms with Crippen LogP contribution in [0.2, 0.25) is 0 Å². The predicted molar refractivity (Wildman–Crippen MR) is 67.3 cm³/mol. The van der Waals surface area contributed by atoms with Crippen LogP contribution in [-0.4, -0.2) is 6.08 Å². The number of rotatable bonds is 2. The molecule has 2 nitrogen and oxygen atoms in total. The number of isocyanates is 1. The quantitative estimate of drug-likeness (QED) is 0.598. The first kappa shape index (κ1) is 11.6. The highest BCUT2D eigenvalue weighted by Gasteiger charge is 2.41. The number of aliphatic imine (C=N–C) groups is 1. The summed E-state index contributed by atoms with van der Waals surface area (Å²) >= 11 is 3.54. The van der Waals surface area contributed by atoms with Crippen LogP contribution < -0.4 is 0 Å². The second-order valence-electron chi connectivity index (χ2n) is 4.45. The molecule has 0 saturated heterocycles. The summed E-state index contributed by atoms with van der Waals surface area (Å²) in [6.45, 7) is 4.15. The third-order valence-electron chi connectivity index (χ3n) is 3.51. The van der Waals surface area contributed by atoms with Gasteiger partial charge >= 0.3 is 0 Å². The molecule has 0 spiro atoms. The van der Waals surface area contributed by atoms with E-state index in [1.165, 1.54) is 16.7 Å². The van der Waals surface area contributed by atoms with Crippen molar-refractivity contribution in [2.45, 2.75) is 38.6 Å². The Morgan fingerprint density at radius 2 is 2.06 bits per heavy atom. The van der Waals surface area contributed by atoms with Crippen molar-refractivity contribution >= 4 is 22.0 Å². The van der Waals surface area contributed by atoms with Gasteiger partial charge in [0.05, 0.1) is 5.54 Å². The number of aryl methyl sites for hydroxylation is 1. The number of nitrogens with zero attached hydrogens (tertiary/aromatic N) is 1. The minimum absolute atomic E-state index is 0.292. The fourth-order valence-electron chi connectivity index (χ4n) is 2.55. The van der Waals surface area contributed by atoms with E-state index in [2.05, 4.69) is 40.8 Å². The van der Waals surface area contributed by atoms with Crippen molar-refractivity contribution in [1.82, 2.24) is 0 Å². The number of benzene rings is 1. The van der Waals surface area contributed by atoms with E-state index in [0.29, 0.717) is 0 Å². The van der Waals surface area contributed by atoms with Gasteiger partial charge in [-0.05, 0) is 55.9 Å². The highest BCUT2D eigenvalue weighted by molar-refractivity contribution is 9.10. The lowest BCUT2D eigenvalue weighted by atomic mass is 9.69. The van der Waals surface area contributed by atoms with Crippen LogP contribution >= 0.6 is 15.9 Å². The second-order valence-corrected chi connectivity index (χ2v) is 5.31. The van der Waals surface area contributed by atoms with Gasteiger partial charge < -0.3 is 0 Å². The zero-order chi connectivity index (χ0) is 11.8. The molecule has 0 amide bonds. The topological polar surface area (TPSA) is 29.4 Å². The Balaban J connectivity index is 2.62. The molecule has 0 N–H and O–H groups in total. The molecule has 0 aromatic heterocycles. The number of hydrogen-bond donors (Lipinski definition) is 0. The van der Waals surface area contributed by atoms with Gasteiger partial charge in [0.1, 0.15) is 0 Å². The Morgan fingerprint density at radius 3 is 2.56 bits per heavy atom. The van der Waals surface area contributed by atoms with Crippen molar-refractivity contribution in [2.24, 2.45) is 4.99 Å². The summed E-state index contributed by atoms with van der Waals surface area (Å²) < 4.78 is 1.08. The third kappa shape index (κ3) is 1.64. The van der Waals surface area contributed by atoms with Crippen LogP contribution in [0.4, 0.5) is 0 Å². The maximum atomic E-state index is 10.6. The molecule has 0 heterocycles. The van der Waals surface area contributed by atoms with Crippen LogP contribution in [0.1, 0.15) is 36.0 Å². The van der Waals surface area contributed by atoms with Gasteiger partial charge in [0, 0.05) is 4.47 Å². The molecule has 2 rings (SSSR count). The lowest BCUT2D eigenvalue weighted by molar-refractivity contribution is 0.253. The molecule has 1 aliphatic carbocycles. The number of halogens is 1. The monoisotopic (exact) mass is 279 g/mol. The smallest absolute Gasteiger partial charge is 0.211 e. The van der Waals surface area contributed by atoms with Gasteiger partial charge in [-0.15, -0.1) is 0 Å². The first-order valence-electron chi connectivity index (χ1n) is 5.46. The van der Waals surface area contributed by atoms with E-state index in [9.17, 15) is 4.79 Å².